The van der Waals surface area contributed by atoms with Crippen LogP contribution in [-0.4, -0.2) is 6.61 Å². The van der Waals surface area contributed by atoms with Gasteiger partial charge in [-0.25, -0.2) is 13.2 Å². The van der Waals surface area contributed by atoms with E-state index >= 15 is 0 Å². The molecule has 0 saturated heterocycles. The van der Waals surface area contributed by atoms with Crippen LogP contribution in [0.3, 0.4) is 0 Å². The molecule has 0 heterocycles. The maximum atomic E-state index is 15.0. The van der Waals surface area contributed by atoms with Crippen molar-refractivity contribution < 1.29 is 22.3 Å². The Morgan fingerprint density at radius 3 is 1.77 bits per heavy atom. The molecule has 0 aromatic heterocycles. The average molecular weight is 547 g/mol. The summed E-state index contributed by atoms with van der Waals surface area (Å²) < 4.78 is 64.5. The number of hydrogen-bond donors (Lipinski definition) is 0. The van der Waals surface area contributed by atoms with Gasteiger partial charge in [0.25, 0.3) is 0 Å². The number of benzene rings is 4. The molecule has 4 rings (SSSR count). The van der Waals surface area contributed by atoms with E-state index in [0.29, 0.717) is 23.3 Å². The van der Waals surface area contributed by atoms with E-state index < -0.39 is 23.3 Å². The van der Waals surface area contributed by atoms with E-state index in [4.69, 9.17) is 4.74 Å². The van der Waals surface area contributed by atoms with Gasteiger partial charge in [0, 0.05) is 16.7 Å². The predicted octanol–water partition coefficient (Wildman–Crippen LogP) is 10.8. The molecule has 0 aliphatic rings. The molecule has 1 nitrogen and oxygen atoms in total. The molecule has 0 unspecified atom stereocenters. The molecule has 0 spiro atoms. The van der Waals surface area contributed by atoms with E-state index in [9.17, 15) is 17.6 Å². The summed E-state index contributed by atoms with van der Waals surface area (Å²) in [6.45, 7) is 4.44. The van der Waals surface area contributed by atoms with Crippen LogP contribution in [0.1, 0.15) is 62.1 Å². The highest BCUT2D eigenvalue weighted by atomic mass is 19.2. The largest absolute Gasteiger partial charge is 0.490 e. The third-order valence-electron chi connectivity index (χ3n) is 6.95. The average Bonchev–Trinajstić information content (AvgIpc) is 2.96. The molecule has 0 aliphatic carbocycles. The van der Waals surface area contributed by atoms with E-state index in [1.54, 1.807) is 54.6 Å². The third kappa shape index (κ3) is 7.20. The standard InChI is InChI=1S/C35H34F4O/c1-3-4-5-6-7-8-23-40-31-22-19-28(32(36)35(31)39)18-13-25-11-16-27(17-12-25)30-21-20-29(33(37)34(30)38)26-14-9-24(2)10-15-26/h9-22H,3-8,23H2,1-2H3/b18-13+. The van der Waals surface area contributed by atoms with Crippen molar-refractivity contribution in [3.63, 3.8) is 0 Å². The van der Waals surface area contributed by atoms with E-state index in [2.05, 4.69) is 6.92 Å². The lowest BCUT2D eigenvalue weighted by molar-refractivity contribution is 0.284. The molecule has 208 valence electrons. The molecule has 0 aliphatic heterocycles. The quantitative estimate of drug-likeness (QED) is 0.0975. The van der Waals surface area contributed by atoms with Gasteiger partial charge in [-0.1, -0.05) is 117 Å². The molecular formula is C35H34F4O. The van der Waals surface area contributed by atoms with Gasteiger partial charge in [-0.2, -0.15) is 4.39 Å². The Bertz CT molecular complexity index is 1440. The van der Waals surface area contributed by atoms with Gasteiger partial charge in [-0.05, 0) is 42.2 Å². The third-order valence-corrected chi connectivity index (χ3v) is 6.95. The first-order chi connectivity index (χ1) is 19.4. The molecular weight excluding hydrogens is 512 g/mol. The first kappa shape index (κ1) is 29.1. The summed E-state index contributed by atoms with van der Waals surface area (Å²) in [5.74, 6) is -3.88. The summed E-state index contributed by atoms with van der Waals surface area (Å²) in [5, 5.41) is 0. The highest BCUT2D eigenvalue weighted by Crippen LogP contribution is 2.32. The predicted molar refractivity (Wildman–Crippen MR) is 156 cm³/mol. The van der Waals surface area contributed by atoms with Crippen LogP contribution in [0.4, 0.5) is 17.6 Å². The van der Waals surface area contributed by atoms with Gasteiger partial charge in [0.05, 0.1) is 6.61 Å². The maximum Gasteiger partial charge on any atom is 0.201 e. The molecule has 0 N–H and O–H groups in total. The SMILES string of the molecule is CCCCCCCCOc1ccc(/C=C/c2ccc(-c3ccc(-c4ccc(C)cc4)c(F)c3F)cc2)c(F)c1F. The van der Waals surface area contributed by atoms with Crippen molar-refractivity contribution in [2.24, 2.45) is 0 Å². The number of halogens is 4. The van der Waals surface area contributed by atoms with Crippen LogP contribution in [0, 0.1) is 30.2 Å². The van der Waals surface area contributed by atoms with Gasteiger partial charge < -0.3 is 4.74 Å². The first-order valence-electron chi connectivity index (χ1n) is 13.8. The molecule has 4 aromatic carbocycles. The van der Waals surface area contributed by atoms with Crippen LogP contribution in [0.5, 0.6) is 5.75 Å². The van der Waals surface area contributed by atoms with Gasteiger partial charge in [0.15, 0.2) is 23.2 Å². The molecule has 0 saturated carbocycles. The number of aryl methyl sites for hydroxylation is 1. The monoisotopic (exact) mass is 546 g/mol. The minimum Gasteiger partial charge on any atom is -0.490 e. The van der Waals surface area contributed by atoms with Crippen LogP contribution in [0.2, 0.25) is 0 Å². The second-order valence-electron chi connectivity index (χ2n) is 10.0. The maximum absolute atomic E-state index is 15.0. The van der Waals surface area contributed by atoms with Crippen molar-refractivity contribution in [3.8, 4) is 28.0 Å². The highest BCUT2D eigenvalue weighted by molar-refractivity contribution is 5.75. The summed E-state index contributed by atoms with van der Waals surface area (Å²) in [5.41, 5.74) is 3.29. The lowest BCUT2D eigenvalue weighted by Crippen LogP contribution is -2.01. The molecule has 0 atom stereocenters. The van der Waals surface area contributed by atoms with Gasteiger partial charge in [-0.15, -0.1) is 0 Å². The summed E-state index contributed by atoms with van der Waals surface area (Å²) in [6.07, 6.45) is 9.60. The van der Waals surface area contributed by atoms with Crippen LogP contribution in [0.25, 0.3) is 34.4 Å². The summed E-state index contributed by atoms with van der Waals surface area (Å²) in [6, 6.07) is 20.0. The van der Waals surface area contributed by atoms with E-state index in [-0.39, 0.29) is 22.4 Å². The minimum absolute atomic E-state index is 0.0878. The zero-order valence-electron chi connectivity index (χ0n) is 23.0. The fourth-order valence-corrected chi connectivity index (χ4v) is 4.54. The summed E-state index contributed by atoms with van der Waals surface area (Å²) in [4.78, 5) is 0. The Balaban J connectivity index is 1.41. The molecule has 0 radical (unpaired) electrons. The Morgan fingerprint density at radius 2 is 1.15 bits per heavy atom. The van der Waals surface area contributed by atoms with Crippen molar-refractivity contribution in [3.05, 3.63) is 113 Å². The smallest absolute Gasteiger partial charge is 0.201 e. The van der Waals surface area contributed by atoms with Crippen molar-refractivity contribution in [2.75, 3.05) is 6.61 Å². The van der Waals surface area contributed by atoms with Crippen LogP contribution >= 0.6 is 0 Å². The van der Waals surface area contributed by atoms with Crippen molar-refractivity contribution in [1.29, 1.82) is 0 Å². The highest BCUT2D eigenvalue weighted by Gasteiger charge is 2.16. The van der Waals surface area contributed by atoms with Crippen LogP contribution < -0.4 is 4.74 Å². The van der Waals surface area contributed by atoms with E-state index in [1.165, 1.54) is 37.5 Å². The zero-order chi connectivity index (χ0) is 28.5. The van der Waals surface area contributed by atoms with Gasteiger partial charge in [0.2, 0.25) is 5.82 Å². The van der Waals surface area contributed by atoms with E-state index in [0.717, 1.165) is 24.8 Å². The van der Waals surface area contributed by atoms with Gasteiger partial charge >= 0.3 is 0 Å². The summed E-state index contributed by atoms with van der Waals surface area (Å²) >= 11 is 0. The summed E-state index contributed by atoms with van der Waals surface area (Å²) in [7, 11) is 0. The molecule has 4 aromatic rings. The van der Waals surface area contributed by atoms with Gasteiger partial charge in [0.1, 0.15) is 0 Å². The Labute approximate surface area is 234 Å². The first-order valence-corrected chi connectivity index (χ1v) is 13.8. The van der Waals surface area contributed by atoms with Crippen LogP contribution in [-0.2, 0) is 0 Å². The lowest BCUT2D eigenvalue weighted by Gasteiger charge is -2.10. The number of unbranched alkanes of at least 4 members (excludes halogenated alkanes) is 5. The second kappa shape index (κ2) is 14.0. The van der Waals surface area contributed by atoms with Crippen molar-refractivity contribution in [1.82, 2.24) is 0 Å². The Kier molecular flexibility index (Phi) is 10.2. The normalized spacial score (nSPS) is 11.3. The van der Waals surface area contributed by atoms with Gasteiger partial charge in [-0.3, -0.25) is 0 Å². The Morgan fingerprint density at radius 1 is 0.575 bits per heavy atom. The van der Waals surface area contributed by atoms with Crippen LogP contribution in [0.15, 0.2) is 72.8 Å². The second-order valence-corrected chi connectivity index (χ2v) is 10.0. The Hall–Kier alpha value is -3.86. The number of ether oxygens (including phenoxy) is 1. The minimum atomic E-state index is -1.00. The number of rotatable bonds is 12. The molecule has 0 bridgehead atoms. The van der Waals surface area contributed by atoms with Crippen molar-refractivity contribution in [2.45, 2.75) is 52.4 Å². The molecule has 40 heavy (non-hydrogen) atoms. The molecule has 5 heteroatoms. The lowest BCUT2D eigenvalue weighted by atomic mass is 9.97. The number of hydrogen-bond acceptors (Lipinski definition) is 1. The molecule has 0 amide bonds. The topological polar surface area (TPSA) is 9.23 Å². The fraction of sp³-hybridized carbons (Fsp3) is 0.257. The van der Waals surface area contributed by atoms with Crippen molar-refractivity contribution >= 4 is 12.2 Å². The van der Waals surface area contributed by atoms with E-state index in [1.807, 2.05) is 19.1 Å². The molecule has 0 fully saturated rings. The zero-order valence-corrected chi connectivity index (χ0v) is 23.0. The fourth-order valence-electron chi connectivity index (χ4n) is 4.54.